The molecule has 1 unspecified atom stereocenters. The van der Waals surface area contributed by atoms with Gasteiger partial charge in [-0.3, -0.25) is 4.79 Å². The number of hydrogen-bond acceptors (Lipinski definition) is 2. The number of nitrogens with one attached hydrogen (secondary N) is 1. The molecular formula is C11H19ClN2O. The highest BCUT2D eigenvalue weighted by atomic mass is 35.5. The number of carbonyl (C=O) groups is 1. The van der Waals surface area contributed by atoms with Crippen LogP contribution in [0.4, 0.5) is 0 Å². The largest absolute Gasteiger partial charge is 0.336 e. The summed E-state index contributed by atoms with van der Waals surface area (Å²) in [6, 6.07) is -0.0188. The lowest BCUT2D eigenvalue weighted by Gasteiger charge is -2.32. The summed E-state index contributed by atoms with van der Waals surface area (Å²) in [5.41, 5.74) is 0. The van der Waals surface area contributed by atoms with Crippen molar-refractivity contribution in [2.75, 3.05) is 19.6 Å². The first kappa shape index (κ1) is 12.5. The first-order valence-electron chi connectivity index (χ1n) is 5.50. The molecule has 1 rings (SSSR count). The molecule has 1 fully saturated rings. The van der Waals surface area contributed by atoms with Gasteiger partial charge in [0, 0.05) is 11.6 Å². The Morgan fingerprint density at radius 2 is 2.47 bits per heavy atom. The lowest BCUT2D eigenvalue weighted by molar-refractivity contribution is -0.135. The first-order chi connectivity index (χ1) is 7.15. The highest BCUT2D eigenvalue weighted by Gasteiger charge is 2.27. The topological polar surface area (TPSA) is 32.3 Å². The Morgan fingerprint density at radius 1 is 1.73 bits per heavy atom. The fourth-order valence-electron chi connectivity index (χ4n) is 1.81. The minimum absolute atomic E-state index is 0.0188. The highest BCUT2D eigenvalue weighted by molar-refractivity contribution is 6.29. The van der Waals surface area contributed by atoms with Crippen LogP contribution in [-0.2, 0) is 4.79 Å². The maximum atomic E-state index is 11.9. The van der Waals surface area contributed by atoms with Crippen LogP contribution in [0.15, 0.2) is 11.6 Å². The Balaban J connectivity index is 2.47. The van der Waals surface area contributed by atoms with E-state index in [1.165, 1.54) is 0 Å². The van der Waals surface area contributed by atoms with Crippen LogP contribution in [0.25, 0.3) is 0 Å². The van der Waals surface area contributed by atoms with Gasteiger partial charge in [-0.05, 0) is 25.8 Å². The van der Waals surface area contributed by atoms with E-state index in [1.54, 1.807) is 4.90 Å². The predicted molar refractivity (Wildman–Crippen MR) is 62.9 cm³/mol. The Bertz CT molecular complexity index is 243. The second-order valence-electron chi connectivity index (χ2n) is 3.93. The lowest BCUT2D eigenvalue weighted by atomic mass is 10.0. The molecule has 0 aromatic carbocycles. The molecule has 15 heavy (non-hydrogen) atoms. The van der Waals surface area contributed by atoms with Gasteiger partial charge in [-0.25, -0.2) is 0 Å². The van der Waals surface area contributed by atoms with Crippen molar-refractivity contribution < 1.29 is 4.79 Å². The zero-order valence-corrected chi connectivity index (χ0v) is 10.0. The number of halogens is 1. The molecule has 1 saturated heterocycles. The normalized spacial score (nSPS) is 21.9. The van der Waals surface area contributed by atoms with Crippen LogP contribution in [0.1, 0.15) is 26.2 Å². The monoisotopic (exact) mass is 230 g/mol. The Kier molecular flexibility index (Phi) is 5.12. The molecule has 3 nitrogen and oxygen atoms in total. The van der Waals surface area contributed by atoms with Crippen molar-refractivity contribution in [2.24, 2.45) is 0 Å². The number of amides is 1. The average Bonchev–Trinajstić information content (AvgIpc) is 2.19. The van der Waals surface area contributed by atoms with Gasteiger partial charge in [-0.15, -0.1) is 0 Å². The molecule has 86 valence electrons. The highest BCUT2D eigenvalue weighted by Crippen LogP contribution is 2.14. The van der Waals surface area contributed by atoms with Crippen molar-refractivity contribution in [3.05, 3.63) is 11.6 Å². The van der Waals surface area contributed by atoms with Crippen molar-refractivity contribution in [3.8, 4) is 0 Å². The van der Waals surface area contributed by atoms with Crippen LogP contribution in [-0.4, -0.2) is 36.5 Å². The second-order valence-corrected chi connectivity index (χ2v) is 4.46. The van der Waals surface area contributed by atoms with Crippen LogP contribution in [0.3, 0.4) is 0 Å². The number of likely N-dealkylation sites (tertiary alicyclic amines) is 1. The summed E-state index contributed by atoms with van der Waals surface area (Å²) in [5.74, 6) is 0.163. The van der Waals surface area contributed by atoms with Gasteiger partial charge in [0.15, 0.2) is 0 Å². The minimum Gasteiger partial charge on any atom is -0.336 e. The molecule has 0 saturated carbocycles. The van der Waals surface area contributed by atoms with E-state index in [2.05, 4.69) is 18.8 Å². The molecular weight excluding hydrogens is 212 g/mol. The van der Waals surface area contributed by atoms with Gasteiger partial charge in [-0.1, -0.05) is 25.1 Å². The van der Waals surface area contributed by atoms with Crippen molar-refractivity contribution in [2.45, 2.75) is 32.2 Å². The first-order valence-corrected chi connectivity index (χ1v) is 5.88. The van der Waals surface area contributed by atoms with Crippen molar-refractivity contribution in [1.82, 2.24) is 10.2 Å². The summed E-state index contributed by atoms with van der Waals surface area (Å²) < 4.78 is 0. The van der Waals surface area contributed by atoms with E-state index in [9.17, 15) is 4.79 Å². The molecule has 1 heterocycles. The van der Waals surface area contributed by atoms with E-state index >= 15 is 0 Å². The molecule has 0 radical (unpaired) electrons. The molecule has 1 N–H and O–H groups in total. The zero-order chi connectivity index (χ0) is 11.3. The van der Waals surface area contributed by atoms with E-state index in [-0.39, 0.29) is 11.9 Å². The fraction of sp³-hybridized carbons (Fsp3) is 0.727. The Labute approximate surface area is 96.5 Å². The lowest BCUT2D eigenvalue weighted by Crippen LogP contribution is -2.51. The zero-order valence-electron chi connectivity index (χ0n) is 9.26. The molecule has 1 aliphatic heterocycles. The average molecular weight is 231 g/mol. The van der Waals surface area contributed by atoms with Gasteiger partial charge >= 0.3 is 0 Å². The van der Waals surface area contributed by atoms with Crippen LogP contribution in [0, 0.1) is 0 Å². The number of piperidine rings is 1. The van der Waals surface area contributed by atoms with Crippen molar-refractivity contribution in [3.63, 3.8) is 0 Å². The van der Waals surface area contributed by atoms with E-state index in [0.29, 0.717) is 11.6 Å². The molecule has 0 aromatic heterocycles. The van der Waals surface area contributed by atoms with E-state index < -0.39 is 0 Å². The van der Waals surface area contributed by atoms with Crippen molar-refractivity contribution >= 4 is 17.5 Å². The van der Waals surface area contributed by atoms with Crippen LogP contribution in [0.5, 0.6) is 0 Å². The van der Waals surface area contributed by atoms with E-state index in [4.69, 9.17) is 11.6 Å². The van der Waals surface area contributed by atoms with E-state index in [0.717, 1.165) is 32.4 Å². The van der Waals surface area contributed by atoms with Gasteiger partial charge in [0.05, 0.1) is 12.6 Å². The predicted octanol–water partition coefficient (Wildman–Crippen LogP) is 1.73. The van der Waals surface area contributed by atoms with Gasteiger partial charge in [0.25, 0.3) is 0 Å². The minimum atomic E-state index is -0.0188. The maximum Gasteiger partial charge on any atom is 0.240 e. The van der Waals surface area contributed by atoms with Gasteiger partial charge in [0.1, 0.15) is 0 Å². The molecule has 1 aliphatic rings. The summed E-state index contributed by atoms with van der Waals surface area (Å²) in [6.45, 7) is 7.89. The molecule has 0 aromatic rings. The third kappa shape index (κ3) is 3.84. The van der Waals surface area contributed by atoms with Gasteiger partial charge in [0.2, 0.25) is 5.91 Å². The quantitative estimate of drug-likeness (QED) is 0.780. The van der Waals surface area contributed by atoms with Crippen LogP contribution >= 0.6 is 11.6 Å². The maximum absolute atomic E-state index is 11.9. The molecule has 1 amide bonds. The SMILES string of the molecule is C=C(Cl)CN1CCCC(NCCC)C1=O. The summed E-state index contributed by atoms with van der Waals surface area (Å²) >= 11 is 5.72. The third-order valence-corrected chi connectivity index (χ3v) is 2.65. The third-order valence-electron chi connectivity index (χ3n) is 2.53. The molecule has 1 atom stereocenters. The van der Waals surface area contributed by atoms with Crippen molar-refractivity contribution in [1.29, 1.82) is 0 Å². The number of nitrogens with zero attached hydrogens (tertiary/aromatic N) is 1. The fourth-order valence-corrected chi connectivity index (χ4v) is 1.96. The standard InChI is InChI=1S/C11H19ClN2O/c1-3-6-13-10-5-4-7-14(11(10)15)8-9(2)12/h10,13H,2-8H2,1H3. The molecule has 0 aliphatic carbocycles. The number of hydrogen-bond donors (Lipinski definition) is 1. The smallest absolute Gasteiger partial charge is 0.240 e. The number of rotatable bonds is 5. The Hall–Kier alpha value is -0.540. The summed E-state index contributed by atoms with van der Waals surface area (Å²) in [4.78, 5) is 13.7. The van der Waals surface area contributed by atoms with Gasteiger partial charge in [-0.2, -0.15) is 0 Å². The van der Waals surface area contributed by atoms with Gasteiger partial charge < -0.3 is 10.2 Å². The summed E-state index contributed by atoms with van der Waals surface area (Å²) in [5, 5.41) is 3.79. The molecule has 0 bridgehead atoms. The van der Waals surface area contributed by atoms with Crippen LogP contribution in [0.2, 0.25) is 0 Å². The summed E-state index contributed by atoms with van der Waals surface area (Å²) in [7, 11) is 0. The second kappa shape index (κ2) is 6.13. The molecule has 0 spiro atoms. The van der Waals surface area contributed by atoms with E-state index in [1.807, 2.05) is 0 Å². The molecule has 4 heteroatoms. The Morgan fingerprint density at radius 3 is 3.07 bits per heavy atom. The van der Waals surface area contributed by atoms with Crippen LogP contribution < -0.4 is 5.32 Å². The number of carbonyl (C=O) groups excluding carboxylic acids is 1. The summed E-state index contributed by atoms with van der Waals surface area (Å²) in [6.07, 6.45) is 3.02.